The highest BCUT2D eigenvalue weighted by molar-refractivity contribution is 5.96. The van der Waals surface area contributed by atoms with Crippen molar-refractivity contribution < 1.29 is 24.2 Å². The number of ether oxygens (including phenoxy) is 2. The van der Waals surface area contributed by atoms with Gasteiger partial charge in [0.25, 0.3) is 0 Å². The van der Waals surface area contributed by atoms with Gasteiger partial charge >= 0.3 is 0 Å². The van der Waals surface area contributed by atoms with Gasteiger partial charge in [-0.05, 0) is 88.2 Å². The Bertz CT molecular complexity index is 1670. The molecule has 3 aliphatic carbocycles. The molecule has 1 amide bonds. The number of carbonyl (C=O) groups excluding carboxylic acids is 2. The summed E-state index contributed by atoms with van der Waals surface area (Å²) in [5, 5.41) is 11.4. The largest absolute Gasteiger partial charge is 0.508 e. The molecule has 5 atom stereocenters. The van der Waals surface area contributed by atoms with Crippen LogP contribution in [-0.4, -0.2) is 71.5 Å². The summed E-state index contributed by atoms with van der Waals surface area (Å²) < 4.78 is 13.0. The Morgan fingerprint density at radius 2 is 1.73 bits per heavy atom. The molecule has 0 aromatic heterocycles. The Balaban J connectivity index is 1.06. The van der Waals surface area contributed by atoms with Crippen LogP contribution in [0.25, 0.3) is 0 Å². The molecule has 1 N–H and O–H groups in total. The first-order valence-electron chi connectivity index (χ1n) is 18.7. The molecule has 2 saturated carbocycles. The van der Waals surface area contributed by atoms with Crippen molar-refractivity contribution in [3.63, 3.8) is 0 Å². The average molecular weight is 663 g/mol. The molecule has 3 fully saturated rings. The van der Waals surface area contributed by atoms with E-state index in [1.807, 2.05) is 36.4 Å². The standard InChI is InChI=1S/C42H50N2O5/c1-48-37-26-36(46)31-25-34-32-20-21-33(41-42(32,39(31)40(37)49-41)22-24-43(34)27-29-18-19-29)44(23-10-13-28-11-4-2-5-12-28)38(47)17-9-8-16-35(45)30-14-6-3-7-15-30/h2-7,11-12,14-15,26,29,32-34,41,46H,8-10,13,16-25,27H2,1H3/t32-,33+,34+,41-,42-/m0/s1. The molecule has 8 rings (SSSR count). The van der Waals surface area contributed by atoms with Crippen molar-refractivity contribution in [1.82, 2.24) is 9.80 Å². The Morgan fingerprint density at radius 1 is 0.980 bits per heavy atom. The van der Waals surface area contributed by atoms with Crippen LogP contribution in [-0.2, 0) is 23.1 Å². The maximum Gasteiger partial charge on any atom is 0.222 e. The molecule has 5 aliphatic rings. The zero-order chi connectivity index (χ0) is 33.5. The van der Waals surface area contributed by atoms with Gasteiger partial charge in [0.15, 0.2) is 17.3 Å². The normalized spacial score (nSPS) is 26.5. The number of methoxy groups -OCH3 is 1. The molecule has 0 unspecified atom stereocenters. The number of ketones is 1. The topological polar surface area (TPSA) is 79.3 Å². The highest BCUT2D eigenvalue weighted by Crippen LogP contribution is 2.66. The highest BCUT2D eigenvalue weighted by Gasteiger charge is 2.67. The second-order valence-corrected chi connectivity index (χ2v) is 15.2. The summed E-state index contributed by atoms with van der Waals surface area (Å²) in [5.74, 6) is 3.24. The number of benzene rings is 3. The zero-order valence-corrected chi connectivity index (χ0v) is 28.8. The molecule has 7 nitrogen and oxygen atoms in total. The van der Waals surface area contributed by atoms with Crippen molar-refractivity contribution in [3.8, 4) is 17.2 Å². The summed E-state index contributed by atoms with van der Waals surface area (Å²) in [5.41, 5.74) is 3.97. The molecule has 1 spiro atoms. The van der Waals surface area contributed by atoms with E-state index >= 15 is 0 Å². The molecule has 3 aromatic rings. The molecular weight excluding hydrogens is 612 g/mol. The lowest BCUT2D eigenvalue weighted by atomic mass is 9.50. The zero-order valence-electron chi connectivity index (χ0n) is 28.8. The highest BCUT2D eigenvalue weighted by atomic mass is 16.5. The molecule has 258 valence electrons. The third kappa shape index (κ3) is 5.92. The quantitative estimate of drug-likeness (QED) is 0.146. The van der Waals surface area contributed by atoms with Crippen molar-refractivity contribution >= 4 is 11.7 Å². The van der Waals surface area contributed by atoms with Crippen LogP contribution in [0.5, 0.6) is 17.2 Å². The van der Waals surface area contributed by atoms with Gasteiger partial charge in [0.2, 0.25) is 5.91 Å². The molecule has 2 bridgehead atoms. The van der Waals surface area contributed by atoms with Crippen LogP contribution in [0.3, 0.4) is 0 Å². The van der Waals surface area contributed by atoms with Crippen molar-refractivity contribution in [2.24, 2.45) is 11.8 Å². The number of amides is 1. The van der Waals surface area contributed by atoms with E-state index in [1.165, 1.54) is 24.0 Å². The van der Waals surface area contributed by atoms with Crippen LogP contribution in [0, 0.1) is 11.8 Å². The fourth-order valence-electron chi connectivity index (χ4n) is 10.0. The molecule has 2 heterocycles. The molecule has 49 heavy (non-hydrogen) atoms. The molecule has 7 heteroatoms. The van der Waals surface area contributed by atoms with E-state index < -0.39 is 0 Å². The van der Waals surface area contributed by atoms with E-state index in [4.69, 9.17) is 9.47 Å². The molecule has 1 saturated heterocycles. The average Bonchev–Trinajstić information content (AvgIpc) is 3.89. The number of hydrogen-bond donors (Lipinski definition) is 1. The lowest BCUT2D eigenvalue weighted by Crippen LogP contribution is -2.69. The van der Waals surface area contributed by atoms with Crippen LogP contribution in [0.1, 0.15) is 91.3 Å². The minimum atomic E-state index is -0.247. The second-order valence-electron chi connectivity index (χ2n) is 15.2. The molecule has 3 aromatic carbocycles. The maximum absolute atomic E-state index is 14.4. The van der Waals surface area contributed by atoms with Crippen molar-refractivity contribution in [1.29, 1.82) is 0 Å². The van der Waals surface area contributed by atoms with Gasteiger partial charge in [-0.15, -0.1) is 0 Å². The van der Waals surface area contributed by atoms with Gasteiger partial charge in [-0.2, -0.15) is 0 Å². The van der Waals surface area contributed by atoms with Crippen LogP contribution >= 0.6 is 0 Å². The van der Waals surface area contributed by atoms with Crippen LogP contribution < -0.4 is 9.47 Å². The number of carbonyl (C=O) groups is 2. The number of rotatable bonds is 14. The smallest absolute Gasteiger partial charge is 0.222 e. The number of phenols is 1. The van der Waals surface area contributed by atoms with Gasteiger partial charge in [-0.25, -0.2) is 0 Å². The summed E-state index contributed by atoms with van der Waals surface area (Å²) in [6.07, 6.45) is 10.3. The first-order chi connectivity index (χ1) is 24.0. The van der Waals surface area contributed by atoms with Crippen LogP contribution in [0.2, 0.25) is 0 Å². The summed E-state index contributed by atoms with van der Waals surface area (Å²) in [6.45, 7) is 2.85. The van der Waals surface area contributed by atoms with E-state index in [2.05, 4.69) is 34.1 Å². The molecule has 2 aliphatic heterocycles. The number of hydrogen-bond acceptors (Lipinski definition) is 6. The SMILES string of the molecule is COc1cc(O)c2c3c1O[C@H]1[C@H](N(CCCc4ccccc4)C(=O)CCCCC(=O)c4ccccc4)CC[C@H]4[C@@H](C2)N(CC2CC2)CC[C@@]341. The first kappa shape index (κ1) is 32.4. The lowest BCUT2D eigenvalue weighted by molar-refractivity contribution is -0.143. The maximum atomic E-state index is 14.4. The number of likely N-dealkylation sites (tertiary alicyclic amines) is 1. The Kier molecular flexibility index (Phi) is 8.90. The summed E-state index contributed by atoms with van der Waals surface area (Å²) >= 11 is 0. The predicted octanol–water partition coefficient (Wildman–Crippen LogP) is 7.12. The summed E-state index contributed by atoms with van der Waals surface area (Å²) in [4.78, 5) is 32.0. The number of nitrogens with zero attached hydrogens (tertiary/aromatic N) is 2. The van der Waals surface area contributed by atoms with Gasteiger partial charge < -0.3 is 19.5 Å². The third-order valence-electron chi connectivity index (χ3n) is 12.5. The Morgan fingerprint density at radius 3 is 2.49 bits per heavy atom. The molecular formula is C42H50N2O5. The van der Waals surface area contributed by atoms with Crippen LogP contribution in [0.4, 0.5) is 0 Å². The second kappa shape index (κ2) is 13.5. The van der Waals surface area contributed by atoms with Gasteiger partial charge in [-0.3, -0.25) is 14.5 Å². The lowest BCUT2D eigenvalue weighted by Gasteiger charge is -2.60. The number of unbranched alkanes of at least 4 members (excludes halogenated alkanes) is 1. The first-order valence-corrected chi connectivity index (χ1v) is 18.7. The van der Waals surface area contributed by atoms with E-state index in [0.29, 0.717) is 55.7 Å². The van der Waals surface area contributed by atoms with Gasteiger partial charge in [-0.1, -0.05) is 60.7 Å². The van der Waals surface area contributed by atoms with Gasteiger partial charge in [0.1, 0.15) is 11.9 Å². The number of Topliss-reactive ketones (excluding diaryl/α,β-unsaturated/α-hetero) is 1. The van der Waals surface area contributed by atoms with Crippen molar-refractivity contribution in [3.05, 3.63) is 89.0 Å². The van der Waals surface area contributed by atoms with E-state index in [9.17, 15) is 14.7 Å². The Hall–Kier alpha value is -3.84. The van der Waals surface area contributed by atoms with E-state index in [0.717, 1.165) is 74.4 Å². The van der Waals surface area contributed by atoms with E-state index in [1.54, 1.807) is 13.2 Å². The van der Waals surface area contributed by atoms with Crippen molar-refractivity contribution in [2.45, 2.75) is 101 Å². The van der Waals surface area contributed by atoms with E-state index in [-0.39, 0.29) is 29.3 Å². The third-order valence-corrected chi connectivity index (χ3v) is 12.5. The fraction of sp³-hybridized carbons (Fsp3) is 0.524. The number of aryl methyl sites for hydroxylation is 1. The predicted molar refractivity (Wildman–Crippen MR) is 189 cm³/mol. The number of phenolic OH excluding ortho intramolecular Hbond substituents is 1. The number of piperidine rings is 1. The van der Waals surface area contributed by atoms with Gasteiger partial charge in [0.05, 0.1) is 13.2 Å². The molecule has 0 radical (unpaired) electrons. The monoisotopic (exact) mass is 662 g/mol. The van der Waals surface area contributed by atoms with Gasteiger partial charge in [0, 0.05) is 60.1 Å². The number of aromatic hydroxyl groups is 1. The fourth-order valence-corrected chi connectivity index (χ4v) is 10.0. The summed E-state index contributed by atoms with van der Waals surface area (Å²) in [6, 6.07) is 22.0. The Labute approximate surface area is 290 Å². The minimum absolute atomic E-state index is 0.0636. The van der Waals surface area contributed by atoms with Crippen molar-refractivity contribution in [2.75, 3.05) is 26.7 Å². The van der Waals surface area contributed by atoms with Crippen LogP contribution in [0.15, 0.2) is 66.7 Å². The summed E-state index contributed by atoms with van der Waals surface area (Å²) in [7, 11) is 1.65. The minimum Gasteiger partial charge on any atom is -0.508 e.